The molecule has 128 valence electrons. The van der Waals surface area contributed by atoms with Gasteiger partial charge in [-0.25, -0.2) is 18.6 Å². The van der Waals surface area contributed by atoms with E-state index in [1.54, 1.807) is 18.2 Å². The molecule has 2 aromatic carbocycles. The van der Waals surface area contributed by atoms with Gasteiger partial charge in [0.2, 0.25) is 0 Å². The second-order valence-corrected chi connectivity index (χ2v) is 4.70. The van der Waals surface area contributed by atoms with E-state index in [-0.39, 0.29) is 47.7 Å². The predicted octanol–water partition coefficient (Wildman–Crippen LogP) is -1.16. The summed E-state index contributed by atoms with van der Waals surface area (Å²) in [5.74, 6) is -3.00. The Kier molecular flexibility index (Phi) is 10.6. The van der Waals surface area contributed by atoms with Crippen molar-refractivity contribution in [2.45, 2.75) is 0 Å². The van der Waals surface area contributed by atoms with Gasteiger partial charge in [-0.3, -0.25) is 0 Å². The van der Waals surface area contributed by atoms with Gasteiger partial charge in [0.15, 0.2) is 0 Å². The van der Waals surface area contributed by atoms with Crippen LogP contribution < -0.4 is 29.6 Å². The van der Waals surface area contributed by atoms with Gasteiger partial charge >= 0.3 is 47.5 Å². The van der Waals surface area contributed by atoms with Gasteiger partial charge < -0.3 is 20.4 Å². The molecular weight excluding hydrogens is 363 g/mol. The van der Waals surface area contributed by atoms with Crippen LogP contribution in [0, 0.1) is 0 Å². The molecule has 0 aliphatic heterocycles. The van der Waals surface area contributed by atoms with E-state index in [9.17, 15) is 23.1 Å². The Morgan fingerprint density at radius 3 is 1.56 bits per heavy atom. The molecule has 0 heterocycles. The summed E-state index contributed by atoms with van der Waals surface area (Å²) in [4.78, 5) is 31.5. The standard InChI is InChI=1S/C8H6O4.C7H6O4S.Na.H/c9-7(10)5-1-2-6(4-3-5)8(11)12;8-7(11-12(9)10)6-4-2-1-3-5-6;;/h1-4H,(H,9,10)(H,11,12);1-5H,(H,9,10);;/q;;+1;-1/p-1. The third-order valence-electron chi connectivity index (χ3n) is 2.53. The normalized spacial score (nSPS) is 10.3. The molecule has 1 unspecified atom stereocenters. The zero-order chi connectivity index (χ0) is 18.1. The molecule has 0 saturated heterocycles. The molecule has 25 heavy (non-hydrogen) atoms. The molecule has 0 aliphatic rings. The van der Waals surface area contributed by atoms with Crippen LogP contribution in [0.25, 0.3) is 0 Å². The Bertz CT molecular complexity index is 719. The van der Waals surface area contributed by atoms with Crippen molar-refractivity contribution in [1.29, 1.82) is 0 Å². The Morgan fingerprint density at radius 1 is 0.840 bits per heavy atom. The molecule has 0 aliphatic carbocycles. The third-order valence-corrected chi connectivity index (χ3v) is 2.82. The fourth-order valence-electron chi connectivity index (χ4n) is 1.44. The molecule has 0 radical (unpaired) electrons. The molecule has 2 rings (SSSR count). The van der Waals surface area contributed by atoms with Crippen LogP contribution in [-0.2, 0) is 15.5 Å². The second-order valence-electron chi connectivity index (χ2n) is 4.13. The first-order valence-corrected chi connectivity index (χ1v) is 7.25. The average Bonchev–Trinajstić information content (AvgIpc) is 2.55. The van der Waals surface area contributed by atoms with Gasteiger partial charge in [-0.1, -0.05) is 18.2 Å². The zero-order valence-corrected chi connectivity index (χ0v) is 15.8. The first-order chi connectivity index (χ1) is 11.3. The Balaban J connectivity index is 0. The summed E-state index contributed by atoms with van der Waals surface area (Å²) in [6.45, 7) is 0. The average molecular weight is 375 g/mol. The van der Waals surface area contributed by atoms with E-state index in [1.165, 1.54) is 36.4 Å². The van der Waals surface area contributed by atoms with Crippen LogP contribution >= 0.6 is 0 Å². The van der Waals surface area contributed by atoms with E-state index in [0.29, 0.717) is 0 Å². The number of carboxylic acid groups (broad SMARTS) is 2. The molecule has 0 saturated carbocycles. The van der Waals surface area contributed by atoms with E-state index in [2.05, 4.69) is 4.18 Å². The molecule has 0 spiro atoms. The van der Waals surface area contributed by atoms with Crippen LogP contribution in [0.3, 0.4) is 0 Å². The Labute approximate surface area is 168 Å². The smallest absolute Gasteiger partial charge is 1.00 e. The van der Waals surface area contributed by atoms with Crippen LogP contribution in [0.4, 0.5) is 0 Å². The maximum absolute atomic E-state index is 10.8. The van der Waals surface area contributed by atoms with Crippen molar-refractivity contribution in [2.75, 3.05) is 0 Å². The SMILES string of the molecule is O=C(O)c1ccc(C(=O)O)cc1.O=C(OS(=O)[O-])c1ccccc1.[H-].[Na+]. The third kappa shape index (κ3) is 8.57. The van der Waals surface area contributed by atoms with Crippen molar-refractivity contribution in [3.63, 3.8) is 0 Å². The van der Waals surface area contributed by atoms with Crippen LogP contribution in [0.15, 0.2) is 54.6 Å². The zero-order valence-electron chi connectivity index (χ0n) is 13.9. The van der Waals surface area contributed by atoms with E-state index < -0.39 is 29.3 Å². The summed E-state index contributed by atoms with van der Waals surface area (Å²) in [6, 6.07) is 12.9. The predicted molar refractivity (Wildman–Crippen MR) is 82.2 cm³/mol. The molecule has 1 atom stereocenters. The largest absolute Gasteiger partial charge is 1.00 e. The van der Waals surface area contributed by atoms with E-state index in [4.69, 9.17) is 10.2 Å². The minimum atomic E-state index is -2.80. The first kappa shape index (κ1) is 23.0. The Morgan fingerprint density at radius 2 is 1.24 bits per heavy atom. The summed E-state index contributed by atoms with van der Waals surface area (Å²) < 4.78 is 23.8. The van der Waals surface area contributed by atoms with Gasteiger partial charge in [0.25, 0.3) is 0 Å². The molecule has 2 N–H and O–H groups in total. The number of hydrogen-bond acceptors (Lipinski definition) is 6. The van der Waals surface area contributed by atoms with Crippen molar-refractivity contribution < 1.29 is 68.5 Å². The minimum Gasteiger partial charge on any atom is -1.00 e. The minimum absolute atomic E-state index is 0. The molecule has 0 amide bonds. The summed E-state index contributed by atoms with van der Waals surface area (Å²) in [6.07, 6.45) is 0. The topological polar surface area (TPSA) is 141 Å². The van der Waals surface area contributed by atoms with Gasteiger partial charge in [0.1, 0.15) is 11.4 Å². The van der Waals surface area contributed by atoms with Crippen molar-refractivity contribution >= 4 is 29.3 Å². The van der Waals surface area contributed by atoms with Crippen molar-refractivity contribution in [2.24, 2.45) is 0 Å². The van der Waals surface area contributed by atoms with Gasteiger partial charge in [-0.05, 0) is 36.4 Å². The van der Waals surface area contributed by atoms with Crippen LogP contribution in [0.1, 0.15) is 32.5 Å². The Hall–Kier alpha value is -2.04. The number of hydrogen-bond donors (Lipinski definition) is 2. The van der Waals surface area contributed by atoms with Crippen LogP contribution in [0.5, 0.6) is 0 Å². The van der Waals surface area contributed by atoms with Crippen LogP contribution in [-0.4, -0.2) is 36.9 Å². The summed E-state index contributed by atoms with van der Waals surface area (Å²) in [7, 11) is 0. The fraction of sp³-hybridized carbons (Fsp3) is 0. The molecular formula is C15H12NaO8S-. The molecule has 0 fully saturated rings. The number of rotatable bonds is 4. The number of aromatic carboxylic acids is 2. The second kappa shape index (κ2) is 11.5. The van der Waals surface area contributed by atoms with E-state index in [0.717, 1.165) is 0 Å². The number of carboxylic acids is 2. The molecule has 2 aromatic rings. The monoisotopic (exact) mass is 375 g/mol. The fourth-order valence-corrected chi connectivity index (χ4v) is 1.66. The summed E-state index contributed by atoms with van der Waals surface area (Å²) >= 11 is -2.80. The van der Waals surface area contributed by atoms with Crippen molar-refractivity contribution in [3.05, 3.63) is 71.3 Å². The molecule has 0 bridgehead atoms. The first-order valence-electron chi connectivity index (χ1n) is 6.25. The maximum Gasteiger partial charge on any atom is 1.00 e. The van der Waals surface area contributed by atoms with E-state index in [1.807, 2.05) is 0 Å². The quantitative estimate of drug-likeness (QED) is 0.503. The summed E-state index contributed by atoms with van der Waals surface area (Å²) in [5, 5.41) is 16.9. The molecule has 10 heteroatoms. The van der Waals surface area contributed by atoms with Gasteiger partial charge in [0, 0.05) is 0 Å². The van der Waals surface area contributed by atoms with Gasteiger partial charge in [-0.15, -0.1) is 0 Å². The molecule has 8 nitrogen and oxygen atoms in total. The van der Waals surface area contributed by atoms with Gasteiger partial charge in [0.05, 0.1) is 16.7 Å². The summed E-state index contributed by atoms with van der Waals surface area (Å²) in [5.41, 5.74) is 0.377. The van der Waals surface area contributed by atoms with Gasteiger partial charge in [-0.2, -0.15) is 0 Å². The van der Waals surface area contributed by atoms with E-state index >= 15 is 0 Å². The van der Waals surface area contributed by atoms with Crippen molar-refractivity contribution in [1.82, 2.24) is 0 Å². The maximum atomic E-state index is 10.8. The number of benzene rings is 2. The number of carbonyl (C=O) groups is 3. The van der Waals surface area contributed by atoms with Crippen molar-refractivity contribution in [3.8, 4) is 0 Å². The number of carbonyl (C=O) groups excluding carboxylic acids is 1. The van der Waals surface area contributed by atoms with Crippen LogP contribution in [0.2, 0.25) is 0 Å². The molecule has 0 aromatic heterocycles.